The summed E-state index contributed by atoms with van der Waals surface area (Å²) in [5.74, 6) is 1.30. The van der Waals surface area contributed by atoms with E-state index < -0.39 is 0 Å². The van der Waals surface area contributed by atoms with Crippen LogP contribution in [0.4, 0.5) is 0 Å². The first-order valence-corrected chi connectivity index (χ1v) is 5.74. The molecule has 0 aliphatic rings. The molecule has 2 aromatic heterocycles. The molecule has 102 valence electrons. The van der Waals surface area contributed by atoms with Gasteiger partial charge in [0, 0.05) is 25.7 Å². The summed E-state index contributed by atoms with van der Waals surface area (Å²) in [5, 5.41) is 11.1. The van der Waals surface area contributed by atoms with Crippen LogP contribution < -0.4 is 11.1 Å². The van der Waals surface area contributed by atoms with Crippen LogP contribution in [0.1, 0.15) is 5.82 Å². The molecule has 19 heavy (non-hydrogen) atoms. The van der Waals surface area contributed by atoms with E-state index in [9.17, 15) is 0 Å². The Bertz CT molecular complexity index is 562. The minimum Gasteiger partial charge on any atom is -0.370 e. The smallest absolute Gasteiger partial charge is 0.188 e. The number of nitrogens with zero attached hydrogens (tertiary/aromatic N) is 4. The van der Waals surface area contributed by atoms with E-state index in [1.54, 1.807) is 6.08 Å². The van der Waals surface area contributed by atoms with E-state index >= 15 is 0 Å². The van der Waals surface area contributed by atoms with E-state index in [4.69, 9.17) is 5.73 Å². The van der Waals surface area contributed by atoms with Gasteiger partial charge in [-0.05, 0) is 12.1 Å². The third-order valence-electron chi connectivity index (χ3n) is 2.43. The SMILES string of the molecule is C=CCNC(N)=NCCc1nnc2ccccn12.I. The Morgan fingerprint density at radius 3 is 3.11 bits per heavy atom. The normalized spacial score (nSPS) is 11.1. The third-order valence-corrected chi connectivity index (χ3v) is 2.43. The van der Waals surface area contributed by atoms with Crippen LogP contribution in [0.3, 0.4) is 0 Å². The number of halogens is 1. The van der Waals surface area contributed by atoms with Crippen LogP contribution >= 0.6 is 24.0 Å². The van der Waals surface area contributed by atoms with Crippen LogP contribution in [0.2, 0.25) is 0 Å². The fraction of sp³-hybridized carbons (Fsp3) is 0.250. The van der Waals surface area contributed by atoms with Crippen LogP contribution in [0.5, 0.6) is 0 Å². The van der Waals surface area contributed by atoms with Crippen molar-refractivity contribution in [3.8, 4) is 0 Å². The standard InChI is InChI=1S/C12H16N6.HI/c1-2-7-14-12(13)15-8-6-11-17-16-10-5-3-4-9-18(10)11;/h2-5,9H,1,6-8H2,(H3,13,14,15);1H. The van der Waals surface area contributed by atoms with Gasteiger partial charge in [-0.1, -0.05) is 12.1 Å². The predicted molar refractivity (Wildman–Crippen MR) is 86.8 cm³/mol. The first kappa shape index (κ1) is 15.4. The number of pyridine rings is 1. The van der Waals surface area contributed by atoms with Crippen LogP contribution in [0.15, 0.2) is 42.0 Å². The van der Waals surface area contributed by atoms with Crippen LogP contribution in [-0.2, 0) is 6.42 Å². The molecule has 3 N–H and O–H groups in total. The average Bonchev–Trinajstić information content (AvgIpc) is 2.80. The molecule has 2 rings (SSSR count). The van der Waals surface area contributed by atoms with Crippen molar-refractivity contribution in [3.63, 3.8) is 0 Å². The molecule has 6 nitrogen and oxygen atoms in total. The molecule has 0 saturated heterocycles. The zero-order chi connectivity index (χ0) is 12.8. The molecule has 0 radical (unpaired) electrons. The lowest BCUT2D eigenvalue weighted by atomic mass is 10.4. The van der Waals surface area contributed by atoms with Crippen molar-refractivity contribution in [3.05, 3.63) is 42.9 Å². The van der Waals surface area contributed by atoms with E-state index in [0.29, 0.717) is 25.5 Å². The fourth-order valence-corrected chi connectivity index (χ4v) is 1.57. The van der Waals surface area contributed by atoms with Gasteiger partial charge in [-0.2, -0.15) is 0 Å². The Balaban J connectivity index is 0.00000180. The van der Waals surface area contributed by atoms with Gasteiger partial charge < -0.3 is 11.1 Å². The summed E-state index contributed by atoms with van der Waals surface area (Å²) in [6.45, 7) is 4.78. The molecule has 7 heteroatoms. The lowest BCUT2D eigenvalue weighted by molar-refractivity contribution is 0.840. The Kier molecular flexibility index (Phi) is 6.26. The average molecular weight is 372 g/mol. The largest absolute Gasteiger partial charge is 0.370 e. The Morgan fingerprint density at radius 2 is 2.32 bits per heavy atom. The van der Waals surface area contributed by atoms with Crippen molar-refractivity contribution in [2.75, 3.05) is 13.1 Å². The molecular formula is C12H17IN6. The molecule has 0 atom stereocenters. The molecule has 2 heterocycles. The van der Waals surface area contributed by atoms with Crippen LogP contribution in [-0.4, -0.2) is 33.6 Å². The van der Waals surface area contributed by atoms with Gasteiger partial charge in [0.2, 0.25) is 0 Å². The van der Waals surface area contributed by atoms with Crippen LogP contribution in [0.25, 0.3) is 5.65 Å². The van der Waals surface area contributed by atoms with Crippen molar-refractivity contribution >= 4 is 35.6 Å². The molecule has 2 aromatic rings. The quantitative estimate of drug-likeness (QED) is 0.355. The van der Waals surface area contributed by atoms with Crippen molar-refractivity contribution in [1.82, 2.24) is 19.9 Å². The van der Waals surface area contributed by atoms with Gasteiger partial charge >= 0.3 is 0 Å². The summed E-state index contributed by atoms with van der Waals surface area (Å²) < 4.78 is 1.95. The number of aliphatic imine (C=N–C) groups is 1. The Labute approximate surface area is 128 Å². The lowest BCUT2D eigenvalue weighted by Crippen LogP contribution is -2.31. The summed E-state index contributed by atoms with van der Waals surface area (Å²) in [7, 11) is 0. The van der Waals surface area contributed by atoms with Gasteiger partial charge in [0.25, 0.3) is 0 Å². The maximum absolute atomic E-state index is 5.66. The number of hydrogen-bond acceptors (Lipinski definition) is 3. The predicted octanol–water partition coefficient (Wildman–Crippen LogP) is 0.980. The second kappa shape index (κ2) is 7.72. The number of aromatic nitrogens is 3. The van der Waals surface area contributed by atoms with E-state index in [2.05, 4.69) is 27.1 Å². The second-order valence-corrected chi connectivity index (χ2v) is 3.73. The zero-order valence-corrected chi connectivity index (χ0v) is 12.8. The molecule has 0 fully saturated rings. The monoisotopic (exact) mass is 372 g/mol. The first-order chi connectivity index (χ1) is 8.81. The molecule has 0 aliphatic carbocycles. The van der Waals surface area contributed by atoms with E-state index in [-0.39, 0.29) is 24.0 Å². The summed E-state index contributed by atoms with van der Waals surface area (Å²) >= 11 is 0. The summed E-state index contributed by atoms with van der Waals surface area (Å²) in [6, 6.07) is 5.80. The maximum Gasteiger partial charge on any atom is 0.188 e. The van der Waals surface area contributed by atoms with Crippen molar-refractivity contribution in [1.29, 1.82) is 0 Å². The molecule has 0 spiro atoms. The highest BCUT2D eigenvalue weighted by atomic mass is 127. The number of fused-ring (bicyclic) bond motifs is 1. The van der Waals surface area contributed by atoms with Gasteiger partial charge in [-0.3, -0.25) is 9.39 Å². The van der Waals surface area contributed by atoms with E-state index in [1.807, 2.05) is 28.8 Å². The van der Waals surface area contributed by atoms with Gasteiger partial charge in [-0.25, -0.2) is 0 Å². The van der Waals surface area contributed by atoms with Crippen molar-refractivity contribution in [2.45, 2.75) is 6.42 Å². The lowest BCUT2D eigenvalue weighted by Gasteiger charge is -2.01. The highest BCUT2D eigenvalue weighted by molar-refractivity contribution is 14.0. The summed E-state index contributed by atoms with van der Waals surface area (Å²) in [5.41, 5.74) is 6.50. The van der Waals surface area contributed by atoms with Crippen molar-refractivity contribution in [2.24, 2.45) is 10.7 Å². The number of nitrogens with two attached hydrogens (primary N) is 1. The van der Waals surface area contributed by atoms with E-state index in [0.717, 1.165) is 11.5 Å². The maximum atomic E-state index is 5.66. The second-order valence-electron chi connectivity index (χ2n) is 3.73. The molecule has 0 bridgehead atoms. The minimum absolute atomic E-state index is 0. The van der Waals surface area contributed by atoms with Gasteiger partial charge in [0.1, 0.15) is 5.82 Å². The fourth-order valence-electron chi connectivity index (χ4n) is 1.57. The number of rotatable bonds is 5. The highest BCUT2D eigenvalue weighted by Gasteiger charge is 2.03. The Morgan fingerprint density at radius 1 is 1.47 bits per heavy atom. The summed E-state index contributed by atoms with van der Waals surface area (Å²) in [4.78, 5) is 4.20. The molecule has 0 aliphatic heterocycles. The molecule has 0 unspecified atom stereocenters. The number of guanidine groups is 1. The zero-order valence-electron chi connectivity index (χ0n) is 10.5. The van der Waals surface area contributed by atoms with Gasteiger partial charge in [-0.15, -0.1) is 40.8 Å². The summed E-state index contributed by atoms with van der Waals surface area (Å²) in [6.07, 6.45) is 4.36. The number of nitrogens with one attached hydrogen (secondary N) is 1. The third kappa shape index (κ3) is 4.19. The van der Waals surface area contributed by atoms with Gasteiger partial charge in [0.15, 0.2) is 11.6 Å². The van der Waals surface area contributed by atoms with Gasteiger partial charge in [0.05, 0.1) is 0 Å². The number of hydrogen-bond donors (Lipinski definition) is 2. The molecule has 0 saturated carbocycles. The Hall–Kier alpha value is -1.64. The highest BCUT2D eigenvalue weighted by Crippen LogP contribution is 2.03. The molecular weight excluding hydrogens is 355 g/mol. The van der Waals surface area contributed by atoms with E-state index in [1.165, 1.54) is 0 Å². The van der Waals surface area contributed by atoms with Crippen LogP contribution in [0, 0.1) is 0 Å². The first-order valence-electron chi connectivity index (χ1n) is 5.74. The molecule has 0 amide bonds. The molecule has 0 aromatic carbocycles. The topological polar surface area (TPSA) is 80.6 Å². The minimum atomic E-state index is 0. The van der Waals surface area contributed by atoms with Crippen molar-refractivity contribution < 1.29 is 0 Å².